The second kappa shape index (κ2) is 69.8. The summed E-state index contributed by atoms with van der Waals surface area (Å²) in [5.74, 6) is -0.667. The molecule has 0 aliphatic heterocycles. The van der Waals surface area contributed by atoms with E-state index in [4.69, 9.17) is 37.0 Å². The molecule has 0 fully saturated rings. The maximum absolute atomic E-state index is 13.1. The standard InChI is InChI=1S/C78H152O17P2/c1-7-11-13-15-17-19-21-23-25-27-29-31-33-35-37-39-41-50-56-62-77(82)94-73(66-88-75(80)60-54-48-40-38-36-34-32-30-28-26-24-22-20-18-16-14-12-8-2)68-92-96(84,85)90-64-72(79)65-91-97(86,87)93-69-74(95-78(83)63-57-51-45-43-47-53-59-71(6)10-4)67-89-76(81)61-55-49-44-42-46-52-58-70(5)9-3/h70-74,79H,7-69H2,1-6H3,(H,84,85)(H,86,87)/t70?,71?,72-,73-,74-/m1/s1. The van der Waals surface area contributed by atoms with Gasteiger partial charge in [-0.05, 0) is 37.5 Å². The molecule has 0 saturated carbocycles. The molecule has 7 atom stereocenters. The molecule has 0 rings (SSSR count). The number of aliphatic hydroxyl groups excluding tert-OH is 1. The fourth-order valence-corrected chi connectivity index (χ4v) is 13.5. The van der Waals surface area contributed by atoms with Gasteiger partial charge in [0.25, 0.3) is 0 Å². The topological polar surface area (TPSA) is 237 Å². The molecule has 17 nitrogen and oxygen atoms in total. The number of aliphatic hydroxyl groups is 1. The van der Waals surface area contributed by atoms with E-state index in [0.717, 1.165) is 108 Å². The lowest BCUT2D eigenvalue weighted by atomic mass is 10.00. The van der Waals surface area contributed by atoms with Gasteiger partial charge in [-0.1, -0.05) is 356 Å². The largest absolute Gasteiger partial charge is 0.472 e. The number of phosphoric acid groups is 2. The quantitative estimate of drug-likeness (QED) is 0.0222. The maximum atomic E-state index is 13.1. The molecule has 0 aliphatic rings. The molecule has 97 heavy (non-hydrogen) atoms. The minimum absolute atomic E-state index is 0.102. The van der Waals surface area contributed by atoms with E-state index in [9.17, 15) is 43.2 Å². The van der Waals surface area contributed by atoms with Crippen molar-refractivity contribution in [3.05, 3.63) is 0 Å². The van der Waals surface area contributed by atoms with Crippen molar-refractivity contribution in [3.63, 3.8) is 0 Å². The predicted octanol–water partition coefficient (Wildman–Crippen LogP) is 23.1. The fraction of sp³-hybridized carbons (Fsp3) is 0.949. The number of carbonyl (C=O) groups is 4. The Kier molecular flexibility index (Phi) is 68.4. The van der Waals surface area contributed by atoms with Crippen molar-refractivity contribution < 1.29 is 80.2 Å². The highest BCUT2D eigenvalue weighted by molar-refractivity contribution is 7.47. The third-order valence-corrected chi connectivity index (χ3v) is 20.8. The van der Waals surface area contributed by atoms with Gasteiger partial charge in [0.2, 0.25) is 0 Å². The van der Waals surface area contributed by atoms with Gasteiger partial charge >= 0.3 is 39.5 Å². The molecule has 0 radical (unpaired) electrons. The molecule has 576 valence electrons. The van der Waals surface area contributed by atoms with E-state index in [-0.39, 0.29) is 25.7 Å². The first kappa shape index (κ1) is 95.1. The first-order chi connectivity index (χ1) is 46.9. The minimum atomic E-state index is -4.96. The molecule has 0 bridgehead atoms. The Bertz CT molecular complexity index is 1880. The molecule has 0 amide bonds. The monoisotopic (exact) mass is 1420 g/mol. The number of hydrogen-bond acceptors (Lipinski definition) is 15. The summed E-state index contributed by atoms with van der Waals surface area (Å²) in [5.41, 5.74) is 0. The second-order valence-corrected chi connectivity index (χ2v) is 31.5. The zero-order chi connectivity index (χ0) is 71.4. The molecule has 19 heteroatoms. The van der Waals surface area contributed by atoms with Gasteiger partial charge in [0.05, 0.1) is 26.4 Å². The summed E-state index contributed by atoms with van der Waals surface area (Å²) in [6, 6.07) is 0. The third-order valence-electron chi connectivity index (χ3n) is 18.9. The number of carbonyl (C=O) groups excluding carboxylic acids is 4. The van der Waals surface area contributed by atoms with Crippen LogP contribution in [-0.4, -0.2) is 96.7 Å². The summed E-state index contributed by atoms with van der Waals surface area (Å²) < 4.78 is 68.5. The Morgan fingerprint density at radius 3 is 0.732 bits per heavy atom. The van der Waals surface area contributed by atoms with Crippen LogP contribution in [0.3, 0.4) is 0 Å². The van der Waals surface area contributed by atoms with Crippen LogP contribution in [0.15, 0.2) is 0 Å². The second-order valence-electron chi connectivity index (χ2n) is 28.6. The van der Waals surface area contributed by atoms with E-state index in [1.54, 1.807) is 0 Å². The van der Waals surface area contributed by atoms with Crippen LogP contribution in [0.4, 0.5) is 0 Å². The van der Waals surface area contributed by atoms with Crippen LogP contribution in [0.2, 0.25) is 0 Å². The molecule has 0 aromatic carbocycles. The maximum Gasteiger partial charge on any atom is 0.472 e. The predicted molar refractivity (Wildman–Crippen MR) is 395 cm³/mol. The smallest absolute Gasteiger partial charge is 0.462 e. The van der Waals surface area contributed by atoms with Gasteiger partial charge in [0, 0.05) is 25.7 Å². The van der Waals surface area contributed by atoms with Crippen LogP contribution in [0, 0.1) is 11.8 Å². The Labute approximate surface area is 594 Å². The van der Waals surface area contributed by atoms with E-state index in [1.165, 1.54) is 218 Å². The number of rotatable bonds is 77. The van der Waals surface area contributed by atoms with Gasteiger partial charge in [0.15, 0.2) is 12.2 Å². The van der Waals surface area contributed by atoms with Crippen LogP contribution in [-0.2, 0) is 65.4 Å². The van der Waals surface area contributed by atoms with Crippen molar-refractivity contribution in [3.8, 4) is 0 Å². The number of esters is 4. The molecule has 0 heterocycles. The number of ether oxygens (including phenoxy) is 4. The van der Waals surface area contributed by atoms with Crippen molar-refractivity contribution in [2.24, 2.45) is 11.8 Å². The van der Waals surface area contributed by atoms with Crippen LogP contribution < -0.4 is 0 Å². The lowest BCUT2D eigenvalue weighted by Crippen LogP contribution is -2.30. The van der Waals surface area contributed by atoms with Gasteiger partial charge in [-0.15, -0.1) is 0 Å². The van der Waals surface area contributed by atoms with Gasteiger partial charge in [-0.3, -0.25) is 37.3 Å². The summed E-state index contributed by atoms with van der Waals surface area (Å²) in [7, 11) is -9.91. The van der Waals surface area contributed by atoms with Gasteiger partial charge in [-0.2, -0.15) is 0 Å². The van der Waals surface area contributed by atoms with E-state index < -0.39 is 97.5 Å². The molecule has 4 unspecified atom stereocenters. The summed E-state index contributed by atoms with van der Waals surface area (Å²) in [6.45, 7) is 9.52. The molecule has 0 aromatic rings. The highest BCUT2D eigenvalue weighted by Crippen LogP contribution is 2.45. The number of phosphoric ester groups is 2. The Morgan fingerprint density at radius 2 is 0.495 bits per heavy atom. The summed E-state index contributed by atoms with van der Waals surface area (Å²) >= 11 is 0. The third kappa shape index (κ3) is 69.5. The Balaban J connectivity index is 5.21. The van der Waals surface area contributed by atoms with E-state index >= 15 is 0 Å². The molecule has 0 spiro atoms. The molecule has 0 saturated heterocycles. The van der Waals surface area contributed by atoms with Crippen molar-refractivity contribution >= 4 is 39.5 Å². The number of hydrogen-bond donors (Lipinski definition) is 3. The average Bonchev–Trinajstić information content (AvgIpc) is 1.85. The molecular weight excluding hydrogens is 1270 g/mol. The fourth-order valence-electron chi connectivity index (χ4n) is 11.9. The lowest BCUT2D eigenvalue weighted by Gasteiger charge is -2.21. The minimum Gasteiger partial charge on any atom is -0.462 e. The van der Waals surface area contributed by atoms with Crippen molar-refractivity contribution in [1.82, 2.24) is 0 Å². The van der Waals surface area contributed by atoms with Crippen LogP contribution in [0.5, 0.6) is 0 Å². The zero-order valence-electron chi connectivity index (χ0n) is 63.4. The van der Waals surface area contributed by atoms with Crippen LogP contribution in [0.1, 0.15) is 408 Å². The molecular formula is C78H152O17P2. The van der Waals surface area contributed by atoms with Crippen LogP contribution in [0.25, 0.3) is 0 Å². The lowest BCUT2D eigenvalue weighted by molar-refractivity contribution is -0.161. The summed E-state index contributed by atoms with van der Waals surface area (Å²) in [4.78, 5) is 72.8. The zero-order valence-corrected chi connectivity index (χ0v) is 65.2. The van der Waals surface area contributed by atoms with E-state index in [1.807, 2.05) is 0 Å². The highest BCUT2D eigenvalue weighted by atomic mass is 31.2. The van der Waals surface area contributed by atoms with Gasteiger partial charge < -0.3 is 33.8 Å². The normalized spacial score (nSPS) is 14.5. The first-order valence-corrected chi connectivity index (χ1v) is 43.6. The molecule has 0 aromatic heterocycles. The van der Waals surface area contributed by atoms with Crippen molar-refractivity contribution in [2.45, 2.75) is 426 Å². The van der Waals surface area contributed by atoms with E-state index in [0.29, 0.717) is 25.7 Å². The summed E-state index contributed by atoms with van der Waals surface area (Å²) in [6.07, 6.45) is 58.5. The van der Waals surface area contributed by atoms with Crippen LogP contribution >= 0.6 is 15.6 Å². The van der Waals surface area contributed by atoms with E-state index in [2.05, 4.69) is 41.5 Å². The first-order valence-electron chi connectivity index (χ1n) is 40.6. The van der Waals surface area contributed by atoms with Gasteiger partial charge in [-0.25, -0.2) is 9.13 Å². The summed E-state index contributed by atoms with van der Waals surface area (Å²) in [5, 5.41) is 10.6. The van der Waals surface area contributed by atoms with Gasteiger partial charge in [0.1, 0.15) is 19.3 Å². The molecule has 3 N–H and O–H groups in total. The number of unbranched alkanes of at least 4 members (excludes halogenated alkanes) is 45. The van der Waals surface area contributed by atoms with Crippen molar-refractivity contribution in [1.29, 1.82) is 0 Å². The Hall–Kier alpha value is -1.94. The SMILES string of the molecule is CCCCCCCCCCCCCCCCCCCCCC(=O)O[C@H](COC(=O)CCCCCCCCCCCCCCCCCCCC)COP(=O)(O)OC[C@@H](O)COP(=O)(O)OC[C@@H](COC(=O)CCCCCCCCC(C)CC)OC(=O)CCCCCCCCC(C)CC. The van der Waals surface area contributed by atoms with Crippen molar-refractivity contribution in [2.75, 3.05) is 39.6 Å². The Morgan fingerprint density at radius 1 is 0.289 bits per heavy atom. The molecule has 0 aliphatic carbocycles. The highest BCUT2D eigenvalue weighted by Gasteiger charge is 2.30. The average molecular weight is 1420 g/mol.